The van der Waals surface area contributed by atoms with Crippen molar-refractivity contribution in [3.8, 4) is 5.75 Å². The molecule has 0 aliphatic carbocycles. The molecule has 0 saturated carbocycles. The fraction of sp³-hybridized carbons (Fsp3) is 0.357. The number of allylic oxidation sites excluding steroid dienone is 2. The quantitative estimate of drug-likeness (QED) is 0.137. The van der Waals surface area contributed by atoms with Crippen molar-refractivity contribution in [1.82, 2.24) is 30.0 Å². The molecule has 13 nitrogen and oxygen atoms in total. The fourth-order valence-corrected chi connectivity index (χ4v) is 4.90. The van der Waals surface area contributed by atoms with E-state index < -0.39 is 29.8 Å². The maximum Gasteiger partial charge on any atom is 0.490 e. The molecule has 3 heterocycles. The van der Waals surface area contributed by atoms with Gasteiger partial charge in [0.2, 0.25) is 0 Å². The largest absolute Gasteiger partial charge is 0.496 e. The van der Waals surface area contributed by atoms with Crippen molar-refractivity contribution in [2.45, 2.75) is 44.7 Å². The van der Waals surface area contributed by atoms with Crippen LogP contribution in [0, 0.1) is 19.3 Å². The van der Waals surface area contributed by atoms with Gasteiger partial charge in [0.25, 0.3) is 0 Å². The summed E-state index contributed by atoms with van der Waals surface area (Å²) in [7, 11) is 5.33. The summed E-state index contributed by atoms with van der Waals surface area (Å²) in [6.45, 7) is 5.90. The molecule has 2 unspecified atom stereocenters. The van der Waals surface area contributed by atoms with Crippen LogP contribution in [0.1, 0.15) is 29.8 Å². The molecule has 0 saturated heterocycles. The number of rotatable bonds is 5. The van der Waals surface area contributed by atoms with Crippen molar-refractivity contribution in [1.29, 1.82) is 5.41 Å². The minimum Gasteiger partial charge on any atom is -0.496 e. The van der Waals surface area contributed by atoms with Crippen molar-refractivity contribution < 1.29 is 50.9 Å². The van der Waals surface area contributed by atoms with Crippen LogP contribution in [0.3, 0.4) is 0 Å². The van der Waals surface area contributed by atoms with E-state index in [1.54, 1.807) is 18.2 Å². The predicted molar refractivity (Wildman–Crippen MR) is 163 cm³/mol. The van der Waals surface area contributed by atoms with Gasteiger partial charge in [-0.2, -0.15) is 31.4 Å². The van der Waals surface area contributed by atoms with E-state index in [0.29, 0.717) is 33.5 Å². The number of nitrogens with one attached hydrogen (secondary N) is 2. The standard InChI is InChI=1S/C24H29ClN8O.2C2HF3O2/c1-13-8-7-9-18(34-6)20(13)24(23(27)32(4)5)17(10-16(25)11-30-24)15(3)33-22-19(14(2)31-33)21(26)28-12-29-22;2*3-2(4,5)1(6)7/h7-12,15,27,30H,1-6H3,(H2,26,28,29);2*(H,6,7). The predicted octanol–water partition coefficient (Wildman–Crippen LogP) is 4.91. The summed E-state index contributed by atoms with van der Waals surface area (Å²) in [6, 6.07) is 5.49. The van der Waals surface area contributed by atoms with E-state index in [2.05, 4.69) is 15.3 Å². The highest BCUT2D eigenvalue weighted by Crippen LogP contribution is 2.46. The van der Waals surface area contributed by atoms with E-state index in [1.165, 1.54) is 6.33 Å². The van der Waals surface area contributed by atoms with Crippen molar-refractivity contribution in [2.75, 3.05) is 26.9 Å². The molecule has 0 radical (unpaired) electrons. The molecule has 6 N–H and O–H groups in total. The molecule has 0 fully saturated rings. The second-order valence-corrected chi connectivity index (χ2v) is 10.6. The SMILES string of the molecule is COc1cccc(C)c1C1(C(=N)N(C)C)NC=C(Cl)C=C1C(C)n1nc(C)c2c(N)ncnc21.O=C(O)C(F)(F)F.O=C(O)C(F)(F)F. The fourth-order valence-electron chi connectivity index (χ4n) is 4.73. The number of fused-ring (bicyclic) bond motifs is 1. The van der Waals surface area contributed by atoms with E-state index in [9.17, 15) is 31.8 Å². The van der Waals surface area contributed by atoms with Gasteiger partial charge in [-0.15, -0.1) is 0 Å². The Balaban J connectivity index is 0.000000479. The van der Waals surface area contributed by atoms with Crippen LogP contribution in [0.4, 0.5) is 32.2 Å². The minimum atomic E-state index is -5.08. The molecule has 0 bridgehead atoms. The molecule has 1 aromatic carbocycles. The van der Waals surface area contributed by atoms with Crippen LogP contribution in [-0.2, 0) is 15.1 Å². The molecule has 1 aliphatic rings. The van der Waals surface area contributed by atoms with Crippen LogP contribution >= 0.6 is 11.6 Å². The molecular weight excluding hydrogens is 678 g/mol. The zero-order chi connectivity index (χ0) is 36.9. The normalized spacial score (nSPS) is 16.5. The Hall–Kier alpha value is -5.07. The number of nitrogens with zero attached hydrogens (tertiary/aromatic N) is 5. The van der Waals surface area contributed by atoms with Crippen LogP contribution in [-0.4, -0.2) is 86.2 Å². The number of amidine groups is 1. The molecular formula is C28H31ClF6N8O5. The van der Waals surface area contributed by atoms with Crippen LogP contribution in [0.25, 0.3) is 11.0 Å². The highest BCUT2D eigenvalue weighted by molar-refractivity contribution is 6.31. The lowest BCUT2D eigenvalue weighted by Crippen LogP contribution is -2.56. The maximum absolute atomic E-state index is 10.6. The van der Waals surface area contributed by atoms with Gasteiger partial charge in [0, 0.05) is 25.9 Å². The zero-order valence-corrected chi connectivity index (χ0v) is 26.9. The third-order valence-corrected chi connectivity index (χ3v) is 7.00. The highest BCUT2D eigenvalue weighted by atomic mass is 35.5. The lowest BCUT2D eigenvalue weighted by molar-refractivity contribution is -0.193. The number of hydrogen-bond donors (Lipinski definition) is 5. The van der Waals surface area contributed by atoms with E-state index in [0.717, 1.165) is 22.4 Å². The average Bonchev–Trinajstić information content (AvgIpc) is 3.33. The Morgan fingerprint density at radius 3 is 2.12 bits per heavy atom. The van der Waals surface area contributed by atoms with E-state index in [4.69, 9.17) is 47.0 Å². The summed E-state index contributed by atoms with van der Waals surface area (Å²) >= 11 is 6.54. The van der Waals surface area contributed by atoms with Gasteiger partial charge in [-0.25, -0.2) is 24.2 Å². The Morgan fingerprint density at radius 1 is 1.10 bits per heavy atom. The molecule has 262 valence electrons. The van der Waals surface area contributed by atoms with Crippen LogP contribution in [0.2, 0.25) is 0 Å². The molecule has 2 aromatic heterocycles. The molecule has 0 spiro atoms. The Morgan fingerprint density at radius 2 is 1.65 bits per heavy atom. The summed E-state index contributed by atoms with van der Waals surface area (Å²) in [5.41, 5.74) is 9.02. The number of likely N-dealkylation sites (N-methyl/N-ethyl adjacent to an activating group) is 1. The van der Waals surface area contributed by atoms with Crippen molar-refractivity contribution in [2.24, 2.45) is 0 Å². The van der Waals surface area contributed by atoms with Crippen molar-refractivity contribution in [3.63, 3.8) is 0 Å². The van der Waals surface area contributed by atoms with Crippen LogP contribution in [0.15, 0.2) is 47.4 Å². The topological polar surface area (TPSA) is 193 Å². The number of dihydropyridines is 1. The summed E-state index contributed by atoms with van der Waals surface area (Å²) in [4.78, 5) is 28.2. The van der Waals surface area contributed by atoms with E-state index in [-0.39, 0.29) is 6.04 Å². The number of hydrogen-bond acceptors (Lipinski definition) is 9. The molecule has 20 heteroatoms. The van der Waals surface area contributed by atoms with Gasteiger partial charge in [0.05, 0.1) is 29.3 Å². The van der Waals surface area contributed by atoms with Gasteiger partial charge in [0.15, 0.2) is 5.65 Å². The molecule has 0 amide bonds. The molecule has 2 atom stereocenters. The molecule has 4 rings (SSSR count). The lowest BCUT2D eigenvalue weighted by atomic mass is 9.74. The second kappa shape index (κ2) is 14.8. The first-order valence-corrected chi connectivity index (χ1v) is 13.7. The first-order chi connectivity index (χ1) is 22.0. The summed E-state index contributed by atoms with van der Waals surface area (Å²) in [5, 5.41) is 33.0. The number of ether oxygens (including phenoxy) is 1. The number of carboxylic acids is 2. The number of alkyl halides is 6. The number of nitrogens with two attached hydrogens (primary N) is 1. The number of aliphatic carboxylic acids is 2. The van der Waals surface area contributed by atoms with E-state index in [1.807, 2.05) is 63.8 Å². The number of benzene rings is 1. The van der Waals surface area contributed by atoms with Crippen molar-refractivity contribution >= 4 is 46.2 Å². The number of carboxylic acid groups (broad SMARTS) is 2. The minimum absolute atomic E-state index is 0.320. The monoisotopic (exact) mass is 708 g/mol. The van der Waals surface area contributed by atoms with Gasteiger partial charge in [-0.05, 0) is 44.1 Å². The Bertz CT molecular complexity index is 1730. The Labute approximate surface area is 274 Å². The number of anilines is 1. The molecule has 3 aromatic rings. The molecule has 48 heavy (non-hydrogen) atoms. The van der Waals surface area contributed by atoms with E-state index >= 15 is 0 Å². The lowest BCUT2D eigenvalue weighted by Gasteiger charge is -2.44. The third kappa shape index (κ3) is 8.25. The van der Waals surface area contributed by atoms with Gasteiger partial charge >= 0.3 is 24.3 Å². The summed E-state index contributed by atoms with van der Waals surface area (Å²) in [6.07, 6.45) is -5.13. The number of methoxy groups -OCH3 is 1. The number of carbonyl (C=O) groups is 2. The number of nitrogen functional groups attached to an aromatic ring is 1. The van der Waals surface area contributed by atoms with Gasteiger partial charge in [0.1, 0.15) is 29.3 Å². The maximum atomic E-state index is 10.6. The van der Waals surface area contributed by atoms with Gasteiger partial charge < -0.3 is 30.9 Å². The third-order valence-electron chi connectivity index (χ3n) is 6.78. The summed E-state index contributed by atoms with van der Waals surface area (Å²) in [5.74, 6) is -4.15. The Kier molecular flexibility index (Phi) is 12.0. The number of halogens is 7. The van der Waals surface area contributed by atoms with Crippen molar-refractivity contribution in [3.05, 3.63) is 64.2 Å². The first-order valence-electron chi connectivity index (χ1n) is 13.3. The summed E-state index contributed by atoms with van der Waals surface area (Å²) < 4.78 is 71.1. The van der Waals surface area contributed by atoms with Gasteiger partial charge in [-0.3, -0.25) is 5.41 Å². The number of aryl methyl sites for hydroxylation is 2. The van der Waals surface area contributed by atoms with Gasteiger partial charge in [-0.1, -0.05) is 23.7 Å². The van der Waals surface area contributed by atoms with Crippen LogP contribution < -0.4 is 15.8 Å². The number of aromatic nitrogens is 4. The highest BCUT2D eigenvalue weighted by Gasteiger charge is 2.48. The molecule has 1 aliphatic heterocycles. The zero-order valence-electron chi connectivity index (χ0n) is 26.1. The smallest absolute Gasteiger partial charge is 0.490 e. The average molecular weight is 709 g/mol. The van der Waals surface area contributed by atoms with Crippen LogP contribution in [0.5, 0.6) is 5.75 Å². The first kappa shape index (κ1) is 39.1. The second-order valence-electron chi connectivity index (χ2n) is 10.2.